The molecule has 0 radical (unpaired) electrons. The smallest absolute Gasteiger partial charge is 0.343 e. The zero-order valence-electron chi connectivity index (χ0n) is 25.3. The highest BCUT2D eigenvalue weighted by Crippen LogP contribution is 2.36. The molecule has 3 aromatic rings. The van der Waals surface area contributed by atoms with Crippen molar-refractivity contribution in [3.8, 4) is 22.6 Å². The lowest BCUT2D eigenvalue weighted by atomic mass is 10.0. The molecule has 1 fully saturated rings. The van der Waals surface area contributed by atoms with E-state index >= 15 is 0 Å². The van der Waals surface area contributed by atoms with E-state index in [0.717, 1.165) is 23.9 Å². The SMILES string of the molecule is COC(=O)COc1ccc(-c2ccc(F)c(F)c2)cc1C=C1SC(=S)N(CCC(=O)Oc2ccc(C(=O)OC(C)(C)C)cc2)C1=O. The van der Waals surface area contributed by atoms with Gasteiger partial charge in [-0.25, -0.2) is 18.4 Å². The highest BCUT2D eigenvalue weighted by atomic mass is 32.2. The van der Waals surface area contributed by atoms with E-state index in [1.807, 2.05) is 0 Å². The summed E-state index contributed by atoms with van der Waals surface area (Å²) in [4.78, 5) is 51.2. The summed E-state index contributed by atoms with van der Waals surface area (Å²) in [5.41, 5.74) is 0.874. The zero-order valence-corrected chi connectivity index (χ0v) is 26.9. The molecule has 46 heavy (non-hydrogen) atoms. The van der Waals surface area contributed by atoms with E-state index < -0.39 is 47.7 Å². The third-order valence-electron chi connectivity index (χ3n) is 6.26. The Morgan fingerprint density at radius 2 is 1.61 bits per heavy atom. The molecule has 1 aliphatic rings. The Morgan fingerprint density at radius 1 is 0.935 bits per heavy atom. The van der Waals surface area contributed by atoms with Gasteiger partial charge in [0.15, 0.2) is 18.2 Å². The summed E-state index contributed by atoms with van der Waals surface area (Å²) < 4.78 is 48.5. The van der Waals surface area contributed by atoms with Crippen LogP contribution in [-0.2, 0) is 23.9 Å². The number of carbonyl (C=O) groups excluding carboxylic acids is 4. The Morgan fingerprint density at radius 3 is 2.26 bits per heavy atom. The molecule has 0 aliphatic carbocycles. The van der Waals surface area contributed by atoms with E-state index in [4.69, 9.17) is 26.4 Å². The molecule has 240 valence electrons. The van der Waals surface area contributed by atoms with Crippen LogP contribution in [0, 0.1) is 11.6 Å². The minimum Gasteiger partial charge on any atom is -0.481 e. The van der Waals surface area contributed by atoms with E-state index in [2.05, 4.69) is 4.74 Å². The van der Waals surface area contributed by atoms with Crippen LogP contribution >= 0.6 is 24.0 Å². The number of halogens is 2. The number of thiocarbonyl (C=S) groups is 1. The third kappa shape index (κ3) is 8.98. The van der Waals surface area contributed by atoms with Gasteiger partial charge in [-0.05, 0) is 86.5 Å². The molecule has 13 heteroatoms. The van der Waals surface area contributed by atoms with Gasteiger partial charge in [-0.3, -0.25) is 14.5 Å². The molecule has 1 aliphatic heterocycles. The van der Waals surface area contributed by atoms with E-state index in [1.54, 1.807) is 32.9 Å². The van der Waals surface area contributed by atoms with Gasteiger partial charge in [0.25, 0.3) is 5.91 Å². The molecule has 3 aromatic carbocycles. The fourth-order valence-corrected chi connectivity index (χ4v) is 5.36. The van der Waals surface area contributed by atoms with Crippen molar-refractivity contribution in [1.29, 1.82) is 0 Å². The minimum atomic E-state index is -1.03. The molecule has 9 nitrogen and oxygen atoms in total. The third-order valence-corrected chi connectivity index (χ3v) is 7.63. The van der Waals surface area contributed by atoms with E-state index in [1.165, 1.54) is 54.5 Å². The molecular weight excluding hydrogens is 640 g/mol. The summed E-state index contributed by atoms with van der Waals surface area (Å²) in [7, 11) is 1.21. The number of nitrogens with zero attached hydrogens (tertiary/aromatic N) is 1. The maximum absolute atomic E-state index is 13.9. The highest BCUT2D eigenvalue weighted by molar-refractivity contribution is 8.26. The number of amides is 1. The number of thioether (sulfide) groups is 1. The van der Waals surface area contributed by atoms with Crippen LogP contribution in [0.4, 0.5) is 8.78 Å². The quantitative estimate of drug-likeness (QED) is 0.105. The van der Waals surface area contributed by atoms with Crippen LogP contribution in [0.3, 0.4) is 0 Å². The Kier molecular flexibility index (Phi) is 10.9. The maximum atomic E-state index is 13.9. The van der Waals surface area contributed by atoms with Crippen molar-refractivity contribution < 1.29 is 46.9 Å². The van der Waals surface area contributed by atoms with Gasteiger partial charge in [-0.2, -0.15) is 0 Å². The number of esters is 3. The summed E-state index contributed by atoms with van der Waals surface area (Å²) >= 11 is 6.39. The summed E-state index contributed by atoms with van der Waals surface area (Å²) in [6, 6.07) is 14.1. The summed E-state index contributed by atoms with van der Waals surface area (Å²) in [6.45, 7) is 4.80. The molecule has 0 aromatic heterocycles. The van der Waals surface area contributed by atoms with Gasteiger partial charge in [0.1, 0.15) is 21.4 Å². The van der Waals surface area contributed by atoms with E-state index in [-0.39, 0.29) is 33.7 Å². The standard InChI is InChI=1S/C33H29F2NO8S2/c1-33(2,3)44-31(40)19-5-9-23(10-6-19)43-28(37)13-14-36-30(39)27(46-32(36)45)17-22-15-20(21-7-11-24(34)25(35)16-21)8-12-26(22)42-18-29(38)41-4/h5-12,15-17H,13-14,18H2,1-4H3. The number of hydrogen-bond acceptors (Lipinski definition) is 10. The lowest BCUT2D eigenvalue weighted by Gasteiger charge is -2.19. The van der Waals surface area contributed by atoms with E-state index in [9.17, 15) is 28.0 Å². The first kappa shape index (κ1) is 34.3. The van der Waals surface area contributed by atoms with E-state index in [0.29, 0.717) is 22.3 Å². The Bertz CT molecular complexity index is 1720. The topological polar surface area (TPSA) is 108 Å². The van der Waals surface area contributed by atoms with Gasteiger partial charge in [-0.15, -0.1) is 0 Å². The number of hydrogen-bond donors (Lipinski definition) is 0. The molecule has 1 heterocycles. The van der Waals surface area contributed by atoms with Crippen LogP contribution in [0.2, 0.25) is 0 Å². The number of benzene rings is 3. The van der Waals surface area contributed by atoms with Crippen molar-refractivity contribution in [3.05, 3.63) is 88.3 Å². The normalized spacial score (nSPS) is 14.0. The van der Waals surface area contributed by atoms with Crippen LogP contribution in [0.25, 0.3) is 17.2 Å². The molecular formula is C33H29F2NO8S2. The van der Waals surface area contributed by atoms with Crippen molar-refractivity contribution in [2.24, 2.45) is 0 Å². The number of rotatable bonds is 10. The minimum absolute atomic E-state index is 0.0581. The molecule has 0 saturated carbocycles. The van der Waals surface area contributed by atoms with Crippen molar-refractivity contribution in [2.75, 3.05) is 20.3 Å². The monoisotopic (exact) mass is 669 g/mol. The van der Waals surface area contributed by atoms with Gasteiger partial charge in [-0.1, -0.05) is 36.1 Å². The van der Waals surface area contributed by atoms with Gasteiger partial charge in [0, 0.05) is 12.1 Å². The lowest BCUT2D eigenvalue weighted by molar-refractivity contribution is -0.143. The Balaban J connectivity index is 1.46. The Labute approximate surface area is 273 Å². The van der Waals surface area contributed by atoms with Gasteiger partial charge >= 0.3 is 17.9 Å². The molecule has 1 amide bonds. The molecule has 1 saturated heterocycles. The second-order valence-corrected chi connectivity index (χ2v) is 12.5. The zero-order chi connectivity index (χ0) is 33.6. The maximum Gasteiger partial charge on any atom is 0.343 e. The second-order valence-electron chi connectivity index (χ2n) is 10.8. The molecule has 0 spiro atoms. The summed E-state index contributed by atoms with van der Waals surface area (Å²) in [6.07, 6.45) is 1.33. The van der Waals surface area contributed by atoms with Gasteiger partial charge in [0.2, 0.25) is 0 Å². The number of methoxy groups -OCH3 is 1. The molecule has 0 N–H and O–H groups in total. The fraction of sp³-hybridized carbons (Fsp3) is 0.242. The van der Waals surface area contributed by atoms with Gasteiger partial charge in [0.05, 0.1) is 24.0 Å². The molecule has 4 rings (SSSR count). The fourth-order valence-electron chi connectivity index (χ4n) is 4.06. The average molecular weight is 670 g/mol. The van der Waals surface area contributed by atoms with Crippen molar-refractivity contribution in [1.82, 2.24) is 4.90 Å². The van der Waals surface area contributed by atoms with Gasteiger partial charge < -0.3 is 18.9 Å². The average Bonchev–Trinajstić information content (AvgIpc) is 3.27. The van der Waals surface area contributed by atoms with Crippen molar-refractivity contribution >= 4 is 58.2 Å². The lowest BCUT2D eigenvalue weighted by Crippen LogP contribution is -2.31. The van der Waals surface area contributed by atoms with Crippen LogP contribution in [0.1, 0.15) is 43.1 Å². The Hall–Kier alpha value is -4.62. The highest BCUT2D eigenvalue weighted by Gasteiger charge is 2.32. The van der Waals surface area contributed by atoms with Crippen molar-refractivity contribution in [3.63, 3.8) is 0 Å². The number of carbonyl (C=O) groups is 4. The van der Waals surface area contributed by atoms with Crippen LogP contribution in [-0.4, -0.2) is 58.9 Å². The summed E-state index contributed by atoms with van der Waals surface area (Å²) in [5.74, 6) is -3.82. The first-order valence-corrected chi connectivity index (χ1v) is 15.0. The molecule has 0 bridgehead atoms. The first-order chi connectivity index (χ1) is 21.7. The largest absolute Gasteiger partial charge is 0.481 e. The predicted octanol–water partition coefficient (Wildman–Crippen LogP) is 6.34. The second kappa shape index (κ2) is 14.6. The summed E-state index contributed by atoms with van der Waals surface area (Å²) in [5, 5.41) is 0. The predicted molar refractivity (Wildman–Crippen MR) is 171 cm³/mol. The number of ether oxygens (including phenoxy) is 4. The molecule has 0 unspecified atom stereocenters. The van der Waals surface area contributed by atoms with Crippen LogP contribution < -0.4 is 9.47 Å². The molecule has 0 atom stereocenters. The van der Waals surface area contributed by atoms with Crippen LogP contribution in [0.5, 0.6) is 11.5 Å². The first-order valence-electron chi connectivity index (χ1n) is 13.8. The van der Waals surface area contributed by atoms with Crippen molar-refractivity contribution in [2.45, 2.75) is 32.8 Å². The van der Waals surface area contributed by atoms with Crippen LogP contribution in [0.15, 0.2) is 65.6 Å².